The number of aromatic nitrogens is 2. The molecule has 0 bridgehead atoms. The van der Waals surface area contributed by atoms with Crippen LogP contribution in [0.15, 0.2) is 79.0 Å². The molecule has 6 rings (SSSR count). The zero-order valence-corrected chi connectivity index (χ0v) is 24.4. The van der Waals surface area contributed by atoms with E-state index in [0.29, 0.717) is 16.8 Å². The average Bonchev–Trinajstić information content (AvgIpc) is 3.71. The first-order valence-corrected chi connectivity index (χ1v) is 14.5. The summed E-state index contributed by atoms with van der Waals surface area (Å²) in [6.45, 7) is 4.14. The molecule has 4 aromatic rings. The Kier molecular flexibility index (Phi) is 7.49. The van der Waals surface area contributed by atoms with Crippen molar-refractivity contribution in [3.8, 4) is 11.4 Å². The number of hydrogen-bond donors (Lipinski definition) is 1. The number of nitrogens with zero attached hydrogens (tertiary/aromatic N) is 3. The highest BCUT2D eigenvalue weighted by Gasteiger charge is 2.42. The van der Waals surface area contributed by atoms with Gasteiger partial charge in [-0.05, 0) is 112 Å². The Balaban J connectivity index is 1.43. The Bertz CT molecular complexity index is 1560. The van der Waals surface area contributed by atoms with Gasteiger partial charge in [-0.1, -0.05) is 18.2 Å². The van der Waals surface area contributed by atoms with E-state index in [-0.39, 0.29) is 18.1 Å². The van der Waals surface area contributed by atoms with Crippen molar-refractivity contribution < 1.29 is 14.3 Å². The van der Waals surface area contributed by atoms with Gasteiger partial charge in [0.1, 0.15) is 5.75 Å². The van der Waals surface area contributed by atoms with Gasteiger partial charge in [0.05, 0.1) is 42.2 Å². The number of rotatable bonds is 7. The van der Waals surface area contributed by atoms with Crippen LogP contribution in [0.2, 0.25) is 0 Å². The number of esters is 1. The highest BCUT2D eigenvalue weighted by molar-refractivity contribution is 7.80. The standard InChI is InChI=1S/C33H34N4O3S/c1-21-20-27(22(2)36(21)29-14-7-6-12-26(29)32(38)39-3)31-30(28-13-8-9-19-34-28)35-33(41)37(31)23-15-17-25(18-16-23)40-24-10-4-5-11-24/h6-9,12-20,24,30-31H,4-5,10-11H2,1-3H3,(H,35,41). The van der Waals surface area contributed by atoms with Crippen LogP contribution in [-0.4, -0.2) is 33.8 Å². The first-order chi connectivity index (χ1) is 20.0. The second kappa shape index (κ2) is 11.4. The van der Waals surface area contributed by atoms with Crippen molar-refractivity contribution in [2.24, 2.45) is 0 Å². The number of hydrogen-bond acceptors (Lipinski definition) is 5. The molecule has 2 atom stereocenters. The number of methoxy groups -OCH3 is 1. The fourth-order valence-electron chi connectivity index (χ4n) is 6.24. The molecule has 1 aliphatic heterocycles. The van der Waals surface area contributed by atoms with Gasteiger partial charge in [-0.3, -0.25) is 4.98 Å². The van der Waals surface area contributed by atoms with E-state index in [2.05, 4.69) is 46.8 Å². The molecule has 1 N–H and O–H groups in total. The molecule has 7 nitrogen and oxygen atoms in total. The summed E-state index contributed by atoms with van der Waals surface area (Å²) in [6, 6.07) is 23.5. The van der Waals surface area contributed by atoms with Gasteiger partial charge in [-0.2, -0.15) is 0 Å². The first kappa shape index (κ1) is 27.0. The van der Waals surface area contributed by atoms with E-state index in [1.54, 1.807) is 6.07 Å². The lowest BCUT2D eigenvalue weighted by Gasteiger charge is -2.28. The third-order valence-electron chi connectivity index (χ3n) is 8.16. The van der Waals surface area contributed by atoms with Gasteiger partial charge >= 0.3 is 5.97 Å². The van der Waals surface area contributed by atoms with Gasteiger partial charge in [-0.25, -0.2) is 4.79 Å². The molecule has 1 saturated carbocycles. The number of nitrogens with one attached hydrogen (secondary N) is 1. The lowest BCUT2D eigenvalue weighted by molar-refractivity contribution is 0.0600. The number of thiocarbonyl (C=S) groups is 1. The van der Waals surface area contributed by atoms with Crippen molar-refractivity contribution in [2.75, 3.05) is 12.0 Å². The summed E-state index contributed by atoms with van der Waals surface area (Å²) < 4.78 is 13.4. The predicted octanol–water partition coefficient (Wildman–Crippen LogP) is 6.77. The molecular formula is C33H34N4O3S. The molecule has 0 spiro atoms. The maximum Gasteiger partial charge on any atom is 0.339 e. The van der Waals surface area contributed by atoms with E-state index in [9.17, 15) is 4.79 Å². The summed E-state index contributed by atoms with van der Waals surface area (Å²) in [5.41, 5.74) is 6.29. The van der Waals surface area contributed by atoms with Crippen LogP contribution in [0.1, 0.15) is 70.8 Å². The fourth-order valence-corrected chi connectivity index (χ4v) is 6.59. The molecule has 3 heterocycles. The van der Waals surface area contributed by atoms with Crippen LogP contribution >= 0.6 is 12.2 Å². The number of pyridine rings is 1. The third-order valence-corrected chi connectivity index (χ3v) is 8.47. The Hall–Kier alpha value is -4.17. The zero-order chi connectivity index (χ0) is 28.5. The summed E-state index contributed by atoms with van der Waals surface area (Å²) in [4.78, 5) is 19.5. The van der Waals surface area contributed by atoms with Crippen molar-refractivity contribution in [1.82, 2.24) is 14.9 Å². The number of benzene rings is 2. The van der Waals surface area contributed by atoms with Crippen LogP contribution in [0, 0.1) is 13.8 Å². The summed E-state index contributed by atoms with van der Waals surface area (Å²) in [5.74, 6) is 0.514. The third kappa shape index (κ3) is 5.08. The molecule has 2 aromatic carbocycles. The van der Waals surface area contributed by atoms with E-state index in [1.165, 1.54) is 20.0 Å². The number of aryl methyl sites for hydroxylation is 1. The maximum atomic E-state index is 12.7. The highest BCUT2D eigenvalue weighted by atomic mass is 32.1. The molecule has 1 saturated heterocycles. The van der Waals surface area contributed by atoms with Crippen LogP contribution in [-0.2, 0) is 4.74 Å². The Morgan fingerprint density at radius 3 is 2.44 bits per heavy atom. The molecule has 8 heteroatoms. The van der Waals surface area contributed by atoms with Crippen molar-refractivity contribution in [3.05, 3.63) is 107 Å². The summed E-state index contributed by atoms with van der Waals surface area (Å²) in [7, 11) is 1.41. The topological polar surface area (TPSA) is 68.6 Å². The molecule has 1 aliphatic carbocycles. The van der Waals surface area contributed by atoms with Crippen LogP contribution < -0.4 is 15.0 Å². The Morgan fingerprint density at radius 2 is 1.73 bits per heavy atom. The van der Waals surface area contributed by atoms with Crippen LogP contribution in [0.5, 0.6) is 5.75 Å². The van der Waals surface area contributed by atoms with E-state index < -0.39 is 0 Å². The molecule has 0 amide bonds. The van der Waals surface area contributed by atoms with Gasteiger partial charge in [0, 0.05) is 23.3 Å². The Labute approximate surface area is 246 Å². The van der Waals surface area contributed by atoms with Crippen molar-refractivity contribution in [1.29, 1.82) is 0 Å². The van der Waals surface area contributed by atoms with Crippen molar-refractivity contribution in [2.45, 2.75) is 57.7 Å². The second-order valence-electron chi connectivity index (χ2n) is 10.7. The maximum absolute atomic E-state index is 12.7. The van der Waals surface area contributed by atoms with E-state index in [1.807, 2.05) is 54.7 Å². The van der Waals surface area contributed by atoms with Crippen molar-refractivity contribution in [3.63, 3.8) is 0 Å². The lowest BCUT2D eigenvalue weighted by Crippen LogP contribution is -2.29. The lowest BCUT2D eigenvalue weighted by atomic mass is 9.96. The van der Waals surface area contributed by atoms with E-state index in [4.69, 9.17) is 26.7 Å². The molecule has 210 valence electrons. The second-order valence-corrected chi connectivity index (χ2v) is 11.1. The molecule has 2 fully saturated rings. The minimum atomic E-state index is -0.369. The van der Waals surface area contributed by atoms with Crippen molar-refractivity contribution >= 4 is 29.0 Å². The highest BCUT2D eigenvalue weighted by Crippen LogP contribution is 2.44. The predicted molar refractivity (Wildman–Crippen MR) is 164 cm³/mol. The molecule has 2 unspecified atom stereocenters. The minimum absolute atomic E-state index is 0.177. The SMILES string of the molecule is COC(=O)c1ccccc1-n1c(C)cc(C2C(c3ccccn3)NC(=S)N2c2ccc(OC3CCCC3)cc2)c1C. The summed E-state index contributed by atoms with van der Waals surface area (Å²) >= 11 is 5.96. The molecule has 0 radical (unpaired) electrons. The molecule has 2 aromatic heterocycles. The quantitative estimate of drug-likeness (QED) is 0.195. The van der Waals surface area contributed by atoms with Crippen LogP contribution in [0.3, 0.4) is 0 Å². The van der Waals surface area contributed by atoms with E-state index in [0.717, 1.165) is 52.6 Å². The zero-order valence-electron chi connectivity index (χ0n) is 23.5. The van der Waals surface area contributed by atoms with Crippen LogP contribution in [0.25, 0.3) is 5.69 Å². The van der Waals surface area contributed by atoms with Gasteiger partial charge in [0.25, 0.3) is 0 Å². The largest absolute Gasteiger partial charge is 0.490 e. The molecule has 41 heavy (non-hydrogen) atoms. The minimum Gasteiger partial charge on any atom is -0.490 e. The molecular weight excluding hydrogens is 532 g/mol. The number of ether oxygens (including phenoxy) is 2. The average molecular weight is 567 g/mol. The first-order valence-electron chi connectivity index (χ1n) is 14.1. The number of carbonyl (C=O) groups is 1. The summed E-state index contributed by atoms with van der Waals surface area (Å²) in [6.07, 6.45) is 6.81. The number of carbonyl (C=O) groups excluding carboxylic acids is 1. The number of anilines is 1. The Morgan fingerprint density at radius 1 is 1.00 bits per heavy atom. The fraction of sp³-hybridized carbons (Fsp3) is 0.303. The van der Waals surface area contributed by atoms with Gasteiger partial charge in [-0.15, -0.1) is 0 Å². The summed E-state index contributed by atoms with van der Waals surface area (Å²) in [5, 5.41) is 4.19. The number of para-hydroxylation sites is 1. The smallest absolute Gasteiger partial charge is 0.339 e. The normalized spacial score (nSPS) is 18.9. The molecule has 2 aliphatic rings. The van der Waals surface area contributed by atoms with Gasteiger partial charge < -0.3 is 24.3 Å². The van der Waals surface area contributed by atoms with E-state index >= 15 is 0 Å². The van der Waals surface area contributed by atoms with Crippen LogP contribution in [0.4, 0.5) is 5.69 Å². The van der Waals surface area contributed by atoms with Gasteiger partial charge in [0.2, 0.25) is 0 Å². The van der Waals surface area contributed by atoms with Gasteiger partial charge in [0.15, 0.2) is 5.11 Å². The monoisotopic (exact) mass is 566 g/mol.